The Bertz CT molecular complexity index is 544. The quantitative estimate of drug-likeness (QED) is 0.791. The number of hydrogen-bond donors (Lipinski definition) is 0. The van der Waals surface area contributed by atoms with E-state index < -0.39 is 10.2 Å². The lowest BCUT2D eigenvalue weighted by Crippen LogP contribution is -2.45. The highest BCUT2D eigenvalue weighted by atomic mass is 32.2. The second-order valence-corrected chi connectivity index (χ2v) is 7.94. The van der Waals surface area contributed by atoms with Crippen LogP contribution in [0.3, 0.4) is 0 Å². The van der Waals surface area contributed by atoms with Gasteiger partial charge in [-0.05, 0) is 19.8 Å². The van der Waals surface area contributed by atoms with Crippen LogP contribution in [0.15, 0.2) is 5.38 Å². The molecule has 114 valence electrons. The lowest BCUT2D eigenvalue weighted by molar-refractivity contribution is 0.146. The summed E-state index contributed by atoms with van der Waals surface area (Å²) in [5.74, 6) is 0. The van der Waals surface area contributed by atoms with Crippen molar-refractivity contribution < 1.29 is 13.2 Å². The molecule has 2 rings (SSSR count). The molecule has 8 heteroatoms. The topological polar surface area (TPSA) is 62.7 Å². The van der Waals surface area contributed by atoms with Crippen molar-refractivity contribution in [2.24, 2.45) is 0 Å². The Labute approximate surface area is 124 Å². The third-order valence-electron chi connectivity index (χ3n) is 3.40. The van der Waals surface area contributed by atoms with Crippen molar-refractivity contribution in [2.75, 3.05) is 27.3 Å². The number of rotatable bonds is 6. The molecular formula is C12H21N3O3S2. The van der Waals surface area contributed by atoms with Gasteiger partial charge in [0, 0.05) is 37.8 Å². The number of hydrogen-bond acceptors (Lipinski definition) is 5. The van der Waals surface area contributed by atoms with Crippen molar-refractivity contribution in [1.29, 1.82) is 0 Å². The SMILES string of the molecule is COCC1CCCN1S(=O)(=O)N(C)Cc1nc(C)cs1. The maximum absolute atomic E-state index is 12.6. The van der Waals surface area contributed by atoms with Crippen molar-refractivity contribution in [3.05, 3.63) is 16.1 Å². The van der Waals surface area contributed by atoms with Gasteiger partial charge in [-0.25, -0.2) is 4.98 Å². The Morgan fingerprint density at radius 3 is 2.95 bits per heavy atom. The zero-order chi connectivity index (χ0) is 14.8. The zero-order valence-electron chi connectivity index (χ0n) is 12.1. The molecule has 20 heavy (non-hydrogen) atoms. The number of thiazole rings is 1. The third kappa shape index (κ3) is 3.37. The van der Waals surface area contributed by atoms with Gasteiger partial charge < -0.3 is 4.74 Å². The molecule has 1 aromatic heterocycles. The second kappa shape index (κ2) is 6.48. The van der Waals surface area contributed by atoms with E-state index >= 15 is 0 Å². The molecule has 1 aliphatic rings. The highest BCUT2D eigenvalue weighted by Crippen LogP contribution is 2.24. The van der Waals surface area contributed by atoms with Crippen LogP contribution >= 0.6 is 11.3 Å². The fourth-order valence-corrected chi connectivity index (χ4v) is 4.85. The van der Waals surface area contributed by atoms with Gasteiger partial charge in [-0.1, -0.05) is 0 Å². The molecule has 0 N–H and O–H groups in total. The molecule has 1 saturated heterocycles. The first-order chi connectivity index (χ1) is 9.45. The molecule has 0 radical (unpaired) electrons. The molecule has 1 unspecified atom stereocenters. The van der Waals surface area contributed by atoms with Crippen LogP contribution < -0.4 is 0 Å². The van der Waals surface area contributed by atoms with E-state index in [0.717, 1.165) is 23.5 Å². The van der Waals surface area contributed by atoms with E-state index in [2.05, 4.69) is 4.98 Å². The smallest absolute Gasteiger partial charge is 0.282 e. The van der Waals surface area contributed by atoms with Gasteiger partial charge in [0.2, 0.25) is 0 Å². The molecule has 0 amide bonds. The van der Waals surface area contributed by atoms with E-state index in [1.54, 1.807) is 18.5 Å². The van der Waals surface area contributed by atoms with Crippen LogP contribution in [0.4, 0.5) is 0 Å². The first-order valence-electron chi connectivity index (χ1n) is 6.58. The number of aromatic nitrogens is 1. The normalized spacial score (nSPS) is 20.9. The Hall–Kier alpha value is -0.540. The molecular weight excluding hydrogens is 298 g/mol. The summed E-state index contributed by atoms with van der Waals surface area (Å²) in [6.45, 7) is 3.24. The van der Waals surface area contributed by atoms with Crippen LogP contribution in [0, 0.1) is 6.92 Å². The lowest BCUT2D eigenvalue weighted by Gasteiger charge is -2.28. The highest BCUT2D eigenvalue weighted by Gasteiger charge is 2.36. The molecule has 0 aromatic carbocycles. The van der Waals surface area contributed by atoms with Crippen molar-refractivity contribution >= 4 is 21.5 Å². The summed E-state index contributed by atoms with van der Waals surface area (Å²) in [6, 6.07) is -0.0505. The van der Waals surface area contributed by atoms with Gasteiger partial charge in [-0.3, -0.25) is 0 Å². The molecule has 0 aliphatic carbocycles. The first kappa shape index (κ1) is 15.8. The fourth-order valence-electron chi connectivity index (χ4n) is 2.40. The number of nitrogens with zero attached hydrogens (tertiary/aromatic N) is 3. The summed E-state index contributed by atoms with van der Waals surface area (Å²) < 4.78 is 33.2. The van der Waals surface area contributed by atoms with Crippen LogP contribution in [0.2, 0.25) is 0 Å². The third-order valence-corrected chi connectivity index (χ3v) is 6.34. The summed E-state index contributed by atoms with van der Waals surface area (Å²) in [6.07, 6.45) is 1.74. The molecule has 2 heterocycles. The average molecular weight is 319 g/mol. The summed E-state index contributed by atoms with van der Waals surface area (Å²) in [4.78, 5) is 4.32. The molecule has 1 aromatic rings. The van der Waals surface area contributed by atoms with E-state index in [-0.39, 0.29) is 6.04 Å². The van der Waals surface area contributed by atoms with Crippen molar-refractivity contribution in [3.8, 4) is 0 Å². The minimum atomic E-state index is -3.45. The monoisotopic (exact) mass is 319 g/mol. The Balaban J connectivity index is 2.08. The standard InChI is InChI=1S/C12H21N3O3S2/c1-10-9-19-12(13-10)7-14(2)20(16,17)15-6-4-5-11(15)8-18-3/h9,11H,4-8H2,1-3H3. The van der Waals surface area contributed by atoms with Crippen LogP contribution in [0.5, 0.6) is 0 Å². The summed E-state index contributed by atoms with van der Waals surface area (Å²) in [5.41, 5.74) is 0.925. The predicted molar refractivity (Wildman–Crippen MR) is 78.8 cm³/mol. The largest absolute Gasteiger partial charge is 0.383 e. The van der Waals surface area contributed by atoms with Crippen molar-refractivity contribution in [2.45, 2.75) is 32.4 Å². The molecule has 1 fully saturated rings. The maximum Gasteiger partial charge on any atom is 0.282 e. The Kier molecular flexibility index (Phi) is 5.14. The first-order valence-corrected chi connectivity index (χ1v) is 8.86. The molecule has 6 nitrogen and oxygen atoms in total. The highest BCUT2D eigenvalue weighted by molar-refractivity contribution is 7.86. The van der Waals surface area contributed by atoms with Crippen LogP contribution in [-0.2, 0) is 21.5 Å². The zero-order valence-corrected chi connectivity index (χ0v) is 13.7. The number of aryl methyl sites for hydroxylation is 1. The van der Waals surface area contributed by atoms with E-state index in [1.807, 2.05) is 12.3 Å². The minimum Gasteiger partial charge on any atom is -0.383 e. The molecule has 1 atom stereocenters. The molecule has 0 saturated carbocycles. The van der Waals surface area contributed by atoms with E-state index in [4.69, 9.17) is 4.74 Å². The van der Waals surface area contributed by atoms with Gasteiger partial charge in [0.05, 0.1) is 13.2 Å². The van der Waals surface area contributed by atoms with E-state index in [0.29, 0.717) is 19.7 Å². The fraction of sp³-hybridized carbons (Fsp3) is 0.750. The van der Waals surface area contributed by atoms with Crippen molar-refractivity contribution in [3.63, 3.8) is 0 Å². The lowest BCUT2D eigenvalue weighted by atomic mass is 10.2. The van der Waals surface area contributed by atoms with Gasteiger partial charge in [0.25, 0.3) is 10.2 Å². The van der Waals surface area contributed by atoms with Gasteiger partial charge in [-0.15, -0.1) is 11.3 Å². The Morgan fingerprint density at radius 1 is 1.60 bits per heavy atom. The number of ether oxygens (including phenoxy) is 1. The molecule has 1 aliphatic heterocycles. The van der Waals surface area contributed by atoms with Crippen molar-refractivity contribution in [1.82, 2.24) is 13.6 Å². The maximum atomic E-state index is 12.6. The van der Waals surface area contributed by atoms with Crippen LogP contribution in [0.1, 0.15) is 23.5 Å². The summed E-state index contributed by atoms with van der Waals surface area (Å²) in [5, 5.41) is 2.75. The summed E-state index contributed by atoms with van der Waals surface area (Å²) >= 11 is 1.49. The van der Waals surface area contributed by atoms with Crippen LogP contribution in [-0.4, -0.2) is 55.4 Å². The van der Waals surface area contributed by atoms with Crippen LogP contribution in [0.25, 0.3) is 0 Å². The van der Waals surface area contributed by atoms with E-state index in [9.17, 15) is 8.42 Å². The number of methoxy groups -OCH3 is 1. The average Bonchev–Trinajstić information content (AvgIpc) is 2.99. The van der Waals surface area contributed by atoms with Gasteiger partial charge in [-0.2, -0.15) is 17.0 Å². The minimum absolute atomic E-state index is 0.0505. The second-order valence-electron chi connectivity index (χ2n) is 5.01. The predicted octanol–water partition coefficient (Wildman–Crippen LogP) is 1.24. The molecule has 0 bridgehead atoms. The van der Waals surface area contributed by atoms with Gasteiger partial charge >= 0.3 is 0 Å². The summed E-state index contributed by atoms with van der Waals surface area (Å²) in [7, 11) is -0.238. The van der Waals surface area contributed by atoms with Gasteiger partial charge in [0.1, 0.15) is 5.01 Å². The van der Waals surface area contributed by atoms with E-state index in [1.165, 1.54) is 15.6 Å². The Morgan fingerprint density at radius 2 is 2.35 bits per heavy atom. The van der Waals surface area contributed by atoms with Gasteiger partial charge in [0.15, 0.2) is 0 Å². The molecule has 0 spiro atoms.